The number of rotatable bonds is 7. The van der Waals surface area contributed by atoms with E-state index in [1.165, 1.54) is 0 Å². The summed E-state index contributed by atoms with van der Waals surface area (Å²) in [5.74, 6) is 0.288. The molecule has 0 bridgehead atoms. The molecule has 0 atom stereocenters. The molecule has 166 valence electrons. The number of fused-ring (bicyclic) bond motifs is 2. The van der Waals surface area contributed by atoms with Gasteiger partial charge in [0.15, 0.2) is 11.6 Å². The van der Waals surface area contributed by atoms with Gasteiger partial charge in [0, 0.05) is 40.5 Å². The number of benzene rings is 3. The molecule has 1 saturated carbocycles. The predicted octanol–water partition coefficient (Wildman–Crippen LogP) is 4.07. The molecule has 0 spiro atoms. The molecule has 0 unspecified atom stereocenters. The summed E-state index contributed by atoms with van der Waals surface area (Å²) in [4.78, 5) is 40.7. The van der Waals surface area contributed by atoms with Crippen LogP contribution in [0.4, 0.5) is 5.69 Å². The van der Waals surface area contributed by atoms with Gasteiger partial charge in [-0.15, -0.1) is 0 Å². The minimum atomic E-state index is -0.199. The van der Waals surface area contributed by atoms with Crippen molar-refractivity contribution in [1.82, 2.24) is 4.90 Å². The zero-order chi connectivity index (χ0) is 22.9. The molecular weight excluding hydrogens is 416 g/mol. The summed E-state index contributed by atoms with van der Waals surface area (Å²) in [6, 6.07) is 20.0. The van der Waals surface area contributed by atoms with Gasteiger partial charge in [-0.3, -0.25) is 19.3 Å². The summed E-state index contributed by atoms with van der Waals surface area (Å²) in [7, 11) is 1.64. The maximum absolute atomic E-state index is 12.9. The van der Waals surface area contributed by atoms with Gasteiger partial charge in [-0.1, -0.05) is 36.4 Å². The van der Waals surface area contributed by atoms with Gasteiger partial charge >= 0.3 is 0 Å². The van der Waals surface area contributed by atoms with E-state index < -0.39 is 0 Å². The van der Waals surface area contributed by atoms with E-state index in [1.807, 2.05) is 24.3 Å². The van der Waals surface area contributed by atoms with Crippen LogP contribution in [0.5, 0.6) is 5.75 Å². The van der Waals surface area contributed by atoms with Crippen LogP contribution in [0.3, 0.4) is 0 Å². The van der Waals surface area contributed by atoms with Crippen LogP contribution in [0.15, 0.2) is 66.7 Å². The molecule has 0 radical (unpaired) electrons. The Bertz CT molecular complexity index is 1250. The topological polar surface area (TPSA) is 75.7 Å². The van der Waals surface area contributed by atoms with Crippen molar-refractivity contribution in [3.8, 4) is 5.75 Å². The molecule has 1 N–H and O–H groups in total. The number of nitrogens with zero attached hydrogens (tertiary/aromatic N) is 1. The zero-order valence-electron chi connectivity index (χ0n) is 18.3. The van der Waals surface area contributed by atoms with Crippen LogP contribution in [-0.4, -0.2) is 42.1 Å². The number of methoxy groups -OCH3 is 1. The van der Waals surface area contributed by atoms with Crippen LogP contribution in [0.1, 0.15) is 50.2 Å². The minimum absolute atomic E-state index is 0.148. The van der Waals surface area contributed by atoms with Crippen LogP contribution in [0.2, 0.25) is 0 Å². The molecule has 6 nitrogen and oxygen atoms in total. The quantitative estimate of drug-likeness (QED) is 0.469. The summed E-state index contributed by atoms with van der Waals surface area (Å²) < 4.78 is 5.22. The summed E-state index contributed by atoms with van der Waals surface area (Å²) in [5, 5.41) is 2.90. The Kier molecular flexibility index (Phi) is 5.52. The maximum Gasteiger partial charge on any atom is 0.238 e. The molecule has 2 aliphatic carbocycles. The van der Waals surface area contributed by atoms with Crippen LogP contribution >= 0.6 is 0 Å². The highest BCUT2D eigenvalue weighted by molar-refractivity contribution is 6.28. The Morgan fingerprint density at radius 2 is 1.55 bits per heavy atom. The highest BCUT2D eigenvalue weighted by Gasteiger charge is 2.31. The third kappa shape index (κ3) is 4.30. The number of hydrogen-bond acceptors (Lipinski definition) is 5. The second-order valence-electron chi connectivity index (χ2n) is 8.50. The number of ketones is 2. The molecule has 0 aromatic heterocycles. The van der Waals surface area contributed by atoms with Gasteiger partial charge in [0.2, 0.25) is 5.91 Å². The molecule has 33 heavy (non-hydrogen) atoms. The fourth-order valence-electron chi connectivity index (χ4n) is 4.28. The first-order chi connectivity index (χ1) is 16.0. The smallest absolute Gasteiger partial charge is 0.238 e. The van der Waals surface area contributed by atoms with Gasteiger partial charge in [0.05, 0.1) is 13.7 Å². The Morgan fingerprint density at radius 1 is 0.909 bits per heavy atom. The van der Waals surface area contributed by atoms with Crippen molar-refractivity contribution in [2.24, 2.45) is 0 Å². The maximum atomic E-state index is 12.9. The minimum Gasteiger partial charge on any atom is -0.497 e. The Hall–Kier alpha value is -3.77. The van der Waals surface area contributed by atoms with Gasteiger partial charge in [0.1, 0.15) is 5.75 Å². The van der Waals surface area contributed by atoms with Crippen LogP contribution in [-0.2, 0) is 11.3 Å². The van der Waals surface area contributed by atoms with E-state index in [0.29, 0.717) is 40.5 Å². The lowest BCUT2D eigenvalue weighted by atomic mass is 9.84. The van der Waals surface area contributed by atoms with E-state index in [0.717, 1.165) is 24.2 Å². The number of anilines is 1. The summed E-state index contributed by atoms with van der Waals surface area (Å²) in [5.41, 5.74) is 3.15. The highest BCUT2D eigenvalue weighted by Crippen LogP contribution is 2.30. The van der Waals surface area contributed by atoms with Gasteiger partial charge < -0.3 is 10.1 Å². The largest absolute Gasteiger partial charge is 0.497 e. The number of carbonyl (C=O) groups excluding carboxylic acids is 3. The van der Waals surface area contributed by atoms with E-state index in [4.69, 9.17) is 4.74 Å². The van der Waals surface area contributed by atoms with E-state index in [1.54, 1.807) is 49.6 Å². The Balaban J connectivity index is 1.29. The summed E-state index contributed by atoms with van der Waals surface area (Å²) >= 11 is 0. The predicted molar refractivity (Wildman–Crippen MR) is 125 cm³/mol. The third-order valence-corrected chi connectivity index (χ3v) is 6.16. The molecule has 0 heterocycles. The number of nitrogens with one attached hydrogen (secondary N) is 1. The summed E-state index contributed by atoms with van der Waals surface area (Å²) in [6.45, 7) is 0.930. The summed E-state index contributed by atoms with van der Waals surface area (Å²) in [6.07, 6.45) is 2.16. The van der Waals surface area contributed by atoms with Crippen molar-refractivity contribution in [2.45, 2.75) is 25.4 Å². The van der Waals surface area contributed by atoms with Crippen molar-refractivity contribution in [3.05, 3.63) is 94.5 Å². The molecule has 2 aliphatic rings. The van der Waals surface area contributed by atoms with Gasteiger partial charge in [0.25, 0.3) is 0 Å². The fourth-order valence-corrected chi connectivity index (χ4v) is 4.28. The average molecular weight is 440 g/mol. The number of amides is 1. The number of hydrogen-bond donors (Lipinski definition) is 1. The van der Waals surface area contributed by atoms with Gasteiger partial charge in [-0.25, -0.2) is 0 Å². The standard InChI is InChI=1S/C27H24N2O4/c1-33-20-11-6-17(7-12-20)15-29(19-9-10-19)16-25(30)28-18-8-13-23-24(14-18)27(32)22-5-3-2-4-21(22)26(23)31/h2-8,11-14,19H,9-10,15-16H2,1H3,(H,28,30). The monoisotopic (exact) mass is 440 g/mol. The van der Waals surface area contributed by atoms with Crippen molar-refractivity contribution < 1.29 is 19.1 Å². The zero-order valence-corrected chi connectivity index (χ0v) is 18.3. The lowest BCUT2D eigenvalue weighted by molar-refractivity contribution is -0.117. The lowest BCUT2D eigenvalue weighted by Crippen LogP contribution is -2.34. The molecule has 0 saturated heterocycles. The van der Waals surface area contributed by atoms with E-state index in [9.17, 15) is 14.4 Å². The molecule has 6 heteroatoms. The third-order valence-electron chi connectivity index (χ3n) is 6.16. The van der Waals surface area contributed by atoms with Crippen molar-refractivity contribution in [2.75, 3.05) is 19.0 Å². The van der Waals surface area contributed by atoms with Gasteiger partial charge in [-0.05, 0) is 48.7 Å². The number of carbonyl (C=O) groups is 3. The van der Waals surface area contributed by atoms with E-state index >= 15 is 0 Å². The second-order valence-corrected chi connectivity index (χ2v) is 8.50. The normalized spacial score (nSPS) is 14.6. The average Bonchev–Trinajstić information content (AvgIpc) is 3.68. The molecule has 3 aromatic rings. The van der Waals surface area contributed by atoms with Crippen molar-refractivity contribution in [3.63, 3.8) is 0 Å². The Morgan fingerprint density at radius 3 is 2.18 bits per heavy atom. The second kappa shape index (κ2) is 8.64. The van der Waals surface area contributed by atoms with E-state index in [-0.39, 0.29) is 24.0 Å². The molecule has 1 fully saturated rings. The first-order valence-corrected chi connectivity index (χ1v) is 11.0. The molecule has 5 rings (SSSR count). The molecule has 1 amide bonds. The van der Waals surface area contributed by atoms with Crippen LogP contribution in [0.25, 0.3) is 0 Å². The number of ether oxygens (including phenoxy) is 1. The van der Waals surface area contributed by atoms with Crippen molar-refractivity contribution in [1.29, 1.82) is 0 Å². The van der Waals surface area contributed by atoms with Gasteiger partial charge in [-0.2, -0.15) is 0 Å². The fraction of sp³-hybridized carbons (Fsp3) is 0.222. The highest BCUT2D eigenvalue weighted by atomic mass is 16.5. The lowest BCUT2D eigenvalue weighted by Gasteiger charge is -2.22. The Labute approximate surface area is 192 Å². The first kappa shape index (κ1) is 21.1. The van der Waals surface area contributed by atoms with Crippen LogP contribution < -0.4 is 10.1 Å². The first-order valence-electron chi connectivity index (χ1n) is 11.0. The van der Waals surface area contributed by atoms with Crippen molar-refractivity contribution >= 4 is 23.2 Å². The van der Waals surface area contributed by atoms with E-state index in [2.05, 4.69) is 10.2 Å². The molecule has 3 aromatic carbocycles. The van der Waals surface area contributed by atoms with Crippen LogP contribution in [0, 0.1) is 0 Å². The molecule has 0 aliphatic heterocycles. The molecular formula is C27H24N2O4. The SMILES string of the molecule is COc1ccc(CN(CC(=O)Nc2ccc3c(c2)C(=O)c2ccccc2C3=O)C2CC2)cc1.